The fourth-order valence-corrected chi connectivity index (χ4v) is 1.13. The number of benzene rings is 1. The predicted molar refractivity (Wildman–Crippen MR) is 39.9 cm³/mol. The number of rotatable bonds is 1. The molecule has 0 spiro atoms. The van der Waals surface area contributed by atoms with E-state index in [4.69, 9.17) is 0 Å². The molecule has 0 radical (unpaired) electrons. The van der Waals surface area contributed by atoms with Gasteiger partial charge in [-0.1, -0.05) is 0 Å². The van der Waals surface area contributed by atoms with Gasteiger partial charge in [0.2, 0.25) is 0 Å². The van der Waals surface area contributed by atoms with E-state index in [9.17, 15) is 10.1 Å². The Balaban J connectivity index is 3.15. The van der Waals surface area contributed by atoms with Gasteiger partial charge < -0.3 is 0 Å². The summed E-state index contributed by atoms with van der Waals surface area (Å²) in [6.07, 6.45) is 0. The Bertz CT molecular complexity index is 262. The van der Waals surface area contributed by atoms with Crippen molar-refractivity contribution < 1.29 is 4.92 Å². The SMILES string of the molecule is O=[N+]([O-])c1ccccc1[SeH]. The number of para-hydroxylation sites is 1. The predicted octanol–water partition coefficient (Wildman–Crippen LogP) is 0.121. The van der Waals surface area contributed by atoms with Crippen molar-refractivity contribution in [1.29, 1.82) is 0 Å². The molecular formula is C6H5NO2Se. The van der Waals surface area contributed by atoms with E-state index in [2.05, 4.69) is 16.0 Å². The van der Waals surface area contributed by atoms with E-state index in [0.717, 1.165) is 0 Å². The minimum atomic E-state index is -0.395. The number of hydrogen-bond donors (Lipinski definition) is 0. The van der Waals surface area contributed by atoms with Crippen LogP contribution in [0.3, 0.4) is 0 Å². The summed E-state index contributed by atoms with van der Waals surface area (Å²) in [5.74, 6) is 0. The molecule has 0 saturated heterocycles. The summed E-state index contributed by atoms with van der Waals surface area (Å²) in [4.78, 5) is 9.82. The molecule has 0 bridgehead atoms. The van der Waals surface area contributed by atoms with Gasteiger partial charge in [-0.05, 0) is 0 Å². The van der Waals surface area contributed by atoms with Crippen LogP contribution >= 0.6 is 0 Å². The van der Waals surface area contributed by atoms with Gasteiger partial charge in [-0.25, -0.2) is 0 Å². The number of nitrogens with zero attached hydrogens (tertiary/aromatic N) is 1. The normalized spacial score (nSPS) is 9.30. The molecule has 0 heterocycles. The third-order valence-electron chi connectivity index (χ3n) is 1.08. The van der Waals surface area contributed by atoms with E-state index < -0.39 is 4.92 Å². The van der Waals surface area contributed by atoms with Gasteiger partial charge in [-0.15, -0.1) is 0 Å². The minimum absolute atomic E-state index is 0.155. The molecule has 0 unspecified atom stereocenters. The first-order valence-corrected chi connectivity index (χ1v) is 3.58. The van der Waals surface area contributed by atoms with Crippen molar-refractivity contribution in [3.05, 3.63) is 34.4 Å². The van der Waals surface area contributed by atoms with Gasteiger partial charge in [0.25, 0.3) is 0 Å². The molecule has 0 fully saturated rings. The third-order valence-corrected chi connectivity index (χ3v) is 1.87. The van der Waals surface area contributed by atoms with E-state index in [1.54, 1.807) is 18.2 Å². The van der Waals surface area contributed by atoms with Crippen molar-refractivity contribution in [2.45, 2.75) is 0 Å². The summed E-state index contributed by atoms with van der Waals surface area (Å²) in [5.41, 5.74) is 0.155. The second kappa shape index (κ2) is 2.82. The molecule has 0 amide bonds. The molecule has 52 valence electrons. The number of nitro groups is 1. The first-order chi connectivity index (χ1) is 4.72. The van der Waals surface area contributed by atoms with Crippen molar-refractivity contribution in [1.82, 2.24) is 0 Å². The van der Waals surface area contributed by atoms with Crippen LogP contribution in [0.1, 0.15) is 0 Å². The second-order valence-corrected chi connectivity index (χ2v) is 2.76. The molecule has 0 aliphatic rings. The van der Waals surface area contributed by atoms with Crippen molar-refractivity contribution in [2.24, 2.45) is 0 Å². The zero-order valence-corrected chi connectivity index (χ0v) is 6.90. The Kier molecular flexibility index (Phi) is 2.04. The van der Waals surface area contributed by atoms with Crippen molar-refractivity contribution in [3.63, 3.8) is 0 Å². The van der Waals surface area contributed by atoms with E-state index in [-0.39, 0.29) is 5.69 Å². The molecule has 0 aliphatic carbocycles. The first-order valence-electron chi connectivity index (χ1n) is 2.64. The van der Waals surface area contributed by atoms with Crippen molar-refractivity contribution in [2.75, 3.05) is 0 Å². The van der Waals surface area contributed by atoms with Crippen LogP contribution in [0, 0.1) is 10.1 Å². The van der Waals surface area contributed by atoms with Crippen LogP contribution in [0.15, 0.2) is 24.3 Å². The van der Waals surface area contributed by atoms with Crippen LogP contribution in [0.5, 0.6) is 0 Å². The molecule has 0 N–H and O–H groups in total. The zero-order valence-electron chi connectivity index (χ0n) is 5.02. The van der Waals surface area contributed by atoms with Gasteiger partial charge in [0.05, 0.1) is 0 Å². The zero-order chi connectivity index (χ0) is 7.56. The summed E-state index contributed by atoms with van der Waals surface area (Å²) in [7, 11) is 0. The fraction of sp³-hybridized carbons (Fsp3) is 0. The van der Waals surface area contributed by atoms with Crippen LogP contribution in [0.2, 0.25) is 0 Å². The summed E-state index contributed by atoms with van der Waals surface area (Å²) in [6.45, 7) is 0. The van der Waals surface area contributed by atoms with Gasteiger partial charge in [0.15, 0.2) is 0 Å². The average Bonchev–Trinajstić information content (AvgIpc) is 1.88. The first kappa shape index (κ1) is 7.25. The Morgan fingerprint density at radius 1 is 1.40 bits per heavy atom. The Morgan fingerprint density at radius 2 is 2.00 bits per heavy atom. The standard InChI is InChI=1S/C6H5NO2Se/c8-7(9)5-3-1-2-4-6(5)10/h1-4,10H. The molecule has 1 rings (SSSR count). The number of hydrogen-bond acceptors (Lipinski definition) is 2. The molecule has 0 atom stereocenters. The second-order valence-electron chi connectivity index (χ2n) is 1.75. The van der Waals surface area contributed by atoms with Gasteiger partial charge in [-0.2, -0.15) is 0 Å². The molecule has 0 saturated carbocycles. The molecule has 4 heteroatoms. The quantitative estimate of drug-likeness (QED) is 0.369. The van der Waals surface area contributed by atoms with Crippen molar-refractivity contribution >= 4 is 26.2 Å². The maximum atomic E-state index is 10.2. The molecule has 3 nitrogen and oxygen atoms in total. The van der Waals surface area contributed by atoms with Gasteiger partial charge in [0, 0.05) is 0 Å². The Labute approximate surface area is 66.0 Å². The monoisotopic (exact) mass is 203 g/mol. The van der Waals surface area contributed by atoms with E-state index in [1.165, 1.54) is 6.07 Å². The van der Waals surface area contributed by atoms with Crippen molar-refractivity contribution in [3.8, 4) is 0 Å². The van der Waals surface area contributed by atoms with Gasteiger partial charge in [-0.3, -0.25) is 0 Å². The van der Waals surface area contributed by atoms with E-state index in [1.807, 2.05) is 0 Å². The van der Waals surface area contributed by atoms with E-state index >= 15 is 0 Å². The summed E-state index contributed by atoms with van der Waals surface area (Å²) in [6, 6.07) is 6.58. The van der Waals surface area contributed by atoms with Crippen LogP contribution in [-0.2, 0) is 0 Å². The van der Waals surface area contributed by atoms with Crippen LogP contribution < -0.4 is 4.46 Å². The van der Waals surface area contributed by atoms with Crippen LogP contribution in [0.25, 0.3) is 0 Å². The van der Waals surface area contributed by atoms with E-state index in [0.29, 0.717) is 4.46 Å². The third kappa shape index (κ3) is 1.35. The molecule has 1 aromatic carbocycles. The molecular weight excluding hydrogens is 197 g/mol. The molecule has 0 aliphatic heterocycles. The summed E-state index contributed by atoms with van der Waals surface area (Å²) in [5, 5.41) is 10.2. The summed E-state index contributed by atoms with van der Waals surface area (Å²) < 4.78 is 0.639. The Hall–Kier alpha value is -0.861. The van der Waals surface area contributed by atoms with Crippen LogP contribution in [0.4, 0.5) is 5.69 Å². The molecule has 0 aromatic heterocycles. The Morgan fingerprint density at radius 3 is 2.40 bits per heavy atom. The summed E-state index contributed by atoms with van der Waals surface area (Å²) >= 11 is 2.17. The van der Waals surface area contributed by atoms with Crippen LogP contribution in [-0.4, -0.2) is 20.9 Å². The van der Waals surface area contributed by atoms with Gasteiger partial charge >= 0.3 is 65.5 Å². The van der Waals surface area contributed by atoms with Gasteiger partial charge in [0.1, 0.15) is 0 Å². The topological polar surface area (TPSA) is 43.1 Å². The molecule has 1 aromatic rings. The average molecular weight is 202 g/mol. The fourth-order valence-electron chi connectivity index (χ4n) is 0.619. The maximum absolute atomic E-state index is 10.2. The molecule has 10 heavy (non-hydrogen) atoms. The number of nitro benzene ring substituents is 1.